The van der Waals surface area contributed by atoms with Crippen LogP contribution in [0.5, 0.6) is 0 Å². The Labute approximate surface area is 253 Å². The number of para-hydroxylation sites is 1. The van der Waals surface area contributed by atoms with Gasteiger partial charge in [0.15, 0.2) is 6.29 Å². The number of piperidine rings is 1. The molecule has 4 rings (SSSR count). The van der Waals surface area contributed by atoms with Gasteiger partial charge in [-0.05, 0) is 69.5 Å². The molecule has 2 aromatic rings. The van der Waals surface area contributed by atoms with E-state index in [1.165, 1.54) is 56.0 Å². The average Bonchev–Trinajstić information content (AvgIpc) is 2.96. The number of rotatable bonds is 15. The molecule has 42 heavy (non-hydrogen) atoms. The number of carbonyl (C=O) groups excluding carboxylic acids is 1. The van der Waals surface area contributed by atoms with Crippen LogP contribution in [-0.2, 0) is 20.4 Å². The predicted molar refractivity (Wildman–Crippen MR) is 162 cm³/mol. The van der Waals surface area contributed by atoms with Gasteiger partial charge in [0, 0.05) is 35.8 Å². The molecule has 0 bridgehead atoms. The Balaban J connectivity index is 1.18. The normalized spacial score (nSPS) is 16.6. The molecule has 2 aliphatic heterocycles. The first-order valence-electron chi connectivity index (χ1n) is 15.6. The fraction of sp³-hybridized carbons (Fsp3) is 0.606. The van der Waals surface area contributed by atoms with Gasteiger partial charge in [-0.15, -0.1) is 0 Å². The van der Waals surface area contributed by atoms with Gasteiger partial charge >= 0.3 is 12.1 Å². The van der Waals surface area contributed by atoms with Gasteiger partial charge in [0.05, 0.1) is 23.0 Å². The number of hydrogen-bond donors (Lipinski definition) is 0. The molecule has 232 valence electrons. The lowest BCUT2D eigenvalue weighted by atomic mass is 10.1. The van der Waals surface area contributed by atoms with Crippen LogP contribution in [0.25, 0.3) is 0 Å². The highest BCUT2D eigenvalue weighted by molar-refractivity contribution is 7.99. The molecule has 2 aliphatic rings. The molecule has 1 fully saturated rings. The summed E-state index contributed by atoms with van der Waals surface area (Å²) in [4.78, 5) is 18.5. The number of alkyl halides is 3. The molecule has 0 aromatic heterocycles. The molecule has 5 nitrogen and oxygen atoms in total. The standard InChI is InChI=1S/C33H45F3N2O3S/c1-3-4-5-6-7-8-9-15-32(39)41-25(2)40-27-18-22-37(23-19-27)20-12-21-38-28-13-10-11-14-30(28)42-31-17-16-26(24-29(31)38)33(34,35)36/h10-11,13-14,16-17,24-25,27H,3-9,12,15,18-23H2,1-2H3. The van der Waals surface area contributed by atoms with Crippen LogP contribution in [0.1, 0.15) is 90.0 Å². The van der Waals surface area contributed by atoms with E-state index in [1.54, 1.807) is 13.0 Å². The highest BCUT2D eigenvalue weighted by Gasteiger charge is 2.33. The third kappa shape index (κ3) is 9.64. The first kappa shape index (κ1) is 32.7. The van der Waals surface area contributed by atoms with Crippen molar-refractivity contribution in [3.63, 3.8) is 0 Å². The SMILES string of the molecule is CCCCCCCCCC(=O)OC(C)OC1CCN(CCCN2c3ccccc3Sc3ccc(C(F)(F)F)cc32)CC1. The first-order chi connectivity index (χ1) is 20.2. The lowest BCUT2D eigenvalue weighted by Gasteiger charge is -2.35. The fourth-order valence-corrected chi connectivity index (χ4v) is 6.81. The number of hydrogen-bond acceptors (Lipinski definition) is 6. The first-order valence-corrected chi connectivity index (χ1v) is 16.4. The Morgan fingerprint density at radius 2 is 1.62 bits per heavy atom. The van der Waals surface area contributed by atoms with Crippen LogP contribution in [0.15, 0.2) is 52.3 Å². The maximum atomic E-state index is 13.5. The number of benzene rings is 2. The van der Waals surface area contributed by atoms with Gasteiger partial charge in [-0.2, -0.15) is 13.2 Å². The monoisotopic (exact) mass is 606 g/mol. The van der Waals surface area contributed by atoms with Crippen molar-refractivity contribution in [3.8, 4) is 0 Å². The molecular weight excluding hydrogens is 561 g/mol. The van der Waals surface area contributed by atoms with Gasteiger partial charge < -0.3 is 19.3 Å². The number of ether oxygens (including phenoxy) is 2. The highest BCUT2D eigenvalue weighted by Crippen LogP contribution is 2.49. The predicted octanol–water partition coefficient (Wildman–Crippen LogP) is 9.21. The molecular formula is C33H45F3N2O3S. The molecule has 0 saturated carbocycles. The van der Waals surface area contributed by atoms with Crippen molar-refractivity contribution in [1.82, 2.24) is 4.90 Å². The minimum atomic E-state index is -4.38. The Bertz CT molecular complexity index is 1140. The van der Waals surface area contributed by atoms with E-state index in [1.807, 2.05) is 29.2 Å². The van der Waals surface area contributed by atoms with E-state index in [0.717, 1.165) is 67.2 Å². The van der Waals surface area contributed by atoms with Gasteiger partial charge in [-0.3, -0.25) is 4.79 Å². The van der Waals surface area contributed by atoms with Gasteiger partial charge in [-0.25, -0.2) is 0 Å². The number of esters is 1. The summed E-state index contributed by atoms with van der Waals surface area (Å²) in [5.74, 6) is -0.185. The van der Waals surface area contributed by atoms with E-state index in [2.05, 4.69) is 11.8 Å². The number of anilines is 2. The summed E-state index contributed by atoms with van der Waals surface area (Å²) >= 11 is 1.52. The van der Waals surface area contributed by atoms with Gasteiger partial charge in [-0.1, -0.05) is 69.3 Å². The van der Waals surface area contributed by atoms with Crippen LogP contribution in [-0.4, -0.2) is 49.4 Å². The Hall–Kier alpha value is -2.23. The van der Waals surface area contributed by atoms with E-state index in [4.69, 9.17) is 9.47 Å². The van der Waals surface area contributed by atoms with E-state index < -0.39 is 18.0 Å². The molecule has 0 N–H and O–H groups in total. The van der Waals surface area contributed by atoms with E-state index in [9.17, 15) is 18.0 Å². The molecule has 0 radical (unpaired) electrons. The minimum Gasteiger partial charge on any atom is -0.436 e. The largest absolute Gasteiger partial charge is 0.436 e. The van der Waals surface area contributed by atoms with Crippen molar-refractivity contribution in [2.45, 2.75) is 113 Å². The van der Waals surface area contributed by atoms with E-state index >= 15 is 0 Å². The van der Waals surface area contributed by atoms with Gasteiger partial charge in [0.2, 0.25) is 0 Å². The Kier molecular flexibility index (Phi) is 12.5. The topological polar surface area (TPSA) is 42.0 Å². The van der Waals surface area contributed by atoms with Crippen LogP contribution >= 0.6 is 11.8 Å². The van der Waals surface area contributed by atoms with Crippen molar-refractivity contribution in [2.75, 3.05) is 31.1 Å². The number of fused-ring (bicyclic) bond motifs is 2. The highest BCUT2D eigenvalue weighted by atomic mass is 32.2. The van der Waals surface area contributed by atoms with Crippen molar-refractivity contribution in [1.29, 1.82) is 0 Å². The number of halogens is 3. The molecule has 1 atom stereocenters. The molecule has 0 amide bonds. The number of likely N-dealkylation sites (tertiary alicyclic amines) is 1. The summed E-state index contributed by atoms with van der Waals surface area (Å²) < 4.78 is 52.0. The van der Waals surface area contributed by atoms with E-state index in [-0.39, 0.29) is 12.1 Å². The third-order valence-electron chi connectivity index (χ3n) is 8.01. The van der Waals surface area contributed by atoms with Crippen molar-refractivity contribution in [3.05, 3.63) is 48.0 Å². The zero-order valence-corrected chi connectivity index (χ0v) is 25.8. The molecule has 1 saturated heterocycles. The summed E-state index contributed by atoms with van der Waals surface area (Å²) in [5, 5.41) is 0. The summed E-state index contributed by atoms with van der Waals surface area (Å²) in [5.41, 5.74) is 0.957. The lowest BCUT2D eigenvalue weighted by molar-refractivity contribution is -0.188. The van der Waals surface area contributed by atoms with Crippen LogP contribution in [0.3, 0.4) is 0 Å². The number of nitrogens with zero attached hydrogens (tertiary/aromatic N) is 2. The lowest BCUT2D eigenvalue weighted by Crippen LogP contribution is -2.40. The third-order valence-corrected chi connectivity index (χ3v) is 9.14. The maximum Gasteiger partial charge on any atom is 0.416 e. The van der Waals surface area contributed by atoms with Gasteiger partial charge in [0.1, 0.15) is 0 Å². The molecule has 1 unspecified atom stereocenters. The Morgan fingerprint density at radius 3 is 2.36 bits per heavy atom. The second-order valence-corrected chi connectivity index (χ2v) is 12.4. The molecule has 0 aliphatic carbocycles. The van der Waals surface area contributed by atoms with Crippen molar-refractivity contribution in [2.24, 2.45) is 0 Å². The van der Waals surface area contributed by atoms with E-state index in [0.29, 0.717) is 18.7 Å². The van der Waals surface area contributed by atoms with Crippen LogP contribution in [0.4, 0.5) is 24.5 Å². The quantitative estimate of drug-likeness (QED) is 0.114. The molecule has 0 spiro atoms. The smallest absolute Gasteiger partial charge is 0.416 e. The van der Waals surface area contributed by atoms with Crippen molar-refractivity contribution >= 4 is 29.1 Å². The summed E-state index contributed by atoms with van der Waals surface area (Å²) in [6.45, 7) is 7.26. The van der Waals surface area contributed by atoms with Crippen LogP contribution in [0, 0.1) is 0 Å². The zero-order valence-electron chi connectivity index (χ0n) is 25.0. The molecule has 2 aromatic carbocycles. The number of unbranched alkanes of at least 4 members (excludes halogenated alkanes) is 6. The van der Waals surface area contributed by atoms with Crippen molar-refractivity contribution < 1.29 is 27.4 Å². The minimum absolute atomic E-state index is 0.0567. The molecule has 2 heterocycles. The van der Waals surface area contributed by atoms with Gasteiger partial charge in [0.25, 0.3) is 0 Å². The second kappa shape index (κ2) is 16.0. The molecule has 9 heteroatoms. The Morgan fingerprint density at radius 1 is 0.929 bits per heavy atom. The number of carbonyl (C=O) groups is 1. The zero-order chi connectivity index (χ0) is 30.0. The summed E-state index contributed by atoms with van der Waals surface area (Å²) in [7, 11) is 0. The maximum absolute atomic E-state index is 13.5. The second-order valence-electron chi connectivity index (χ2n) is 11.4. The summed E-state index contributed by atoms with van der Waals surface area (Å²) in [6.07, 6.45) is 6.28. The summed E-state index contributed by atoms with van der Waals surface area (Å²) in [6, 6.07) is 11.9. The van der Waals surface area contributed by atoms with Crippen LogP contribution in [0.2, 0.25) is 0 Å². The van der Waals surface area contributed by atoms with Crippen LogP contribution < -0.4 is 4.90 Å². The fourth-order valence-electron chi connectivity index (χ4n) is 5.74. The average molecular weight is 607 g/mol.